The van der Waals surface area contributed by atoms with Gasteiger partial charge in [0.05, 0.1) is 0 Å². The molecular weight excluding hydrogens is 314 g/mol. The van der Waals surface area contributed by atoms with Crippen molar-refractivity contribution in [2.75, 3.05) is 27.2 Å². The molecule has 0 aliphatic carbocycles. The molecule has 1 aromatic carbocycles. The molecule has 20 heavy (non-hydrogen) atoms. The lowest BCUT2D eigenvalue weighted by atomic mass is 9.99. The van der Waals surface area contributed by atoms with Gasteiger partial charge in [-0.1, -0.05) is 35.0 Å². The summed E-state index contributed by atoms with van der Waals surface area (Å²) in [7, 11) is 4.34. The third kappa shape index (κ3) is 3.42. The lowest BCUT2D eigenvalue weighted by molar-refractivity contribution is 0.197. The topological polar surface area (TPSA) is 32.5 Å². The lowest BCUT2D eigenvalue weighted by Crippen LogP contribution is -2.40. The minimum absolute atomic E-state index is 0.129. The Morgan fingerprint density at radius 2 is 1.85 bits per heavy atom. The Bertz CT molecular complexity index is 430. The maximum absolute atomic E-state index is 6.29. The predicted molar refractivity (Wildman–Crippen MR) is 88.7 cm³/mol. The molecule has 1 saturated heterocycles. The van der Waals surface area contributed by atoms with Crippen LogP contribution in [-0.2, 0) is 0 Å². The van der Waals surface area contributed by atoms with Crippen molar-refractivity contribution in [3.8, 4) is 0 Å². The van der Waals surface area contributed by atoms with Crippen LogP contribution in [0, 0.1) is 5.92 Å². The smallest absolute Gasteiger partial charge is 0.0497 e. The molecule has 3 nitrogen and oxygen atoms in total. The van der Waals surface area contributed by atoms with Gasteiger partial charge in [-0.25, -0.2) is 0 Å². The highest BCUT2D eigenvalue weighted by Crippen LogP contribution is 2.31. The minimum atomic E-state index is 0.129. The highest BCUT2D eigenvalue weighted by atomic mass is 79.9. The van der Waals surface area contributed by atoms with Crippen molar-refractivity contribution in [2.45, 2.75) is 32.0 Å². The Kier molecular flexibility index (Phi) is 5.24. The van der Waals surface area contributed by atoms with E-state index in [1.54, 1.807) is 0 Å². The summed E-state index contributed by atoms with van der Waals surface area (Å²) in [4.78, 5) is 4.88. The van der Waals surface area contributed by atoms with Crippen molar-refractivity contribution in [3.63, 3.8) is 0 Å². The van der Waals surface area contributed by atoms with Crippen LogP contribution in [0.25, 0.3) is 0 Å². The molecule has 0 bridgehead atoms. The second-order valence-electron chi connectivity index (χ2n) is 6.32. The first-order valence-electron chi connectivity index (χ1n) is 7.31. The number of hydrogen-bond donors (Lipinski definition) is 1. The summed E-state index contributed by atoms with van der Waals surface area (Å²) in [6.45, 7) is 6.66. The van der Waals surface area contributed by atoms with Gasteiger partial charge in [-0.05, 0) is 44.6 Å². The molecule has 0 radical (unpaired) electrons. The van der Waals surface area contributed by atoms with Crippen LogP contribution in [0.2, 0.25) is 0 Å². The number of likely N-dealkylation sites (tertiary alicyclic amines) is 1. The summed E-state index contributed by atoms with van der Waals surface area (Å²) < 4.78 is 1.12. The van der Waals surface area contributed by atoms with Gasteiger partial charge in [-0.3, -0.25) is 4.90 Å². The minimum Gasteiger partial charge on any atom is -0.326 e. The maximum Gasteiger partial charge on any atom is 0.0497 e. The zero-order valence-corrected chi connectivity index (χ0v) is 14.5. The number of benzene rings is 1. The molecule has 0 aromatic heterocycles. The molecule has 1 heterocycles. The normalized spacial score (nSPS) is 26.9. The zero-order valence-electron chi connectivity index (χ0n) is 12.9. The predicted octanol–water partition coefficient (Wildman–Crippen LogP) is 2.72. The van der Waals surface area contributed by atoms with Crippen LogP contribution < -0.4 is 5.73 Å². The van der Waals surface area contributed by atoms with Crippen molar-refractivity contribution in [1.82, 2.24) is 9.80 Å². The first kappa shape index (κ1) is 16.0. The number of rotatable bonds is 4. The molecule has 1 aromatic rings. The average Bonchev–Trinajstić information content (AvgIpc) is 2.73. The summed E-state index contributed by atoms with van der Waals surface area (Å²) in [5.74, 6) is 0.682. The van der Waals surface area contributed by atoms with Crippen molar-refractivity contribution >= 4 is 15.9 Å². The van der Waals surface area contributed by atoms with Crippen molar-refractivity contribution < 1.29 is 0 Å². The fourth-order valence-corrected chi connectivity index (χ4v) is 3.66. The van der Waals surface area contributed by atoms with Crippen LogP contribution in [0.5, 0.6) is 0 Å². The van der Waals surface area contributed by atoms with Crippen LogP contribution in [-0.4, -0.2) is 49.1 Å². The molecule has 0 spiro atoms. The molecule has 4 atom stereocenters. The summed E-state index contributed by atoms with van der Waals surface area (Å²) in [6, 6.07) is 9.63. The van der Waals surface area contributed by atoms with E-state index in [9.17, 15) is 0 Å². The summed E-state index contributed by atoms with van der Waals surface area (Å²) >= 11 is 3.50. The van der Waals surface area contributed by atoms with Crippen LogP contribution in [0.1, 0.15) is 25.5 Å². The van der Waals surface area contributed by atoms with Gasteiger partial charge in [0.25, 0.3) is 0 Å². The number of nitrogens with zero attached hydrogens (tertiary/aromatic N) is 2. The van der Waals surface area contributed by atoms with E-state index in [1.165, 1.54) is 5.56 Å². The quantitative estimate of drug-likeness (QED) is 0.915. The molecule has 0 saturated carbocycles. The number of nitrogens with two attached hydrogens (primary N) is 1. The third-order valence-corrected chi connectivity index (χ3v) is 4.90. The highest BCUT2D eigenvalue weighted by molar-refractivity contribution is 9.10. The Balaban J connectivity index is 2.20. The Morgan fingerprint density at radius 1 is 1.25 bits per heavy atom. The van der Waals surface area contributed by atoms with E-state index < -0.39 is 0 Å². The molecule has 1 aliphatic heterocycles. The van der Waals surface area contributed by atoms with Gasteiger partial charge in [0, 0.05) is 35.7 Å². The molecule has 112 valence electrons. The summed E-state index contributed by atoms with van der Waals surface area (Å²) in [5.41, 5.74) is 7.60. The fourth-order valence-electron chi connectivity index (χ4n) is 3.39. The first-order valence-corrected chi connectivity index (χ1v) is 8.11. The molecule has 0 amide bonds. The van der Waals surface area contributed by atoms with Crippen molar-refractivity contribution in [3.05, 3.63) is 34.3 Å². The van der Waals surface area contributed by atoms with E-state index in [4.69, 9.17) is 5.73 Å². The highest BCUT2D eigenvalue weighted by Gasteiger charge is 2.36. The van der Waals surface area contributed by atoms with Crippen LogP contribution in [0.3, 0.4) is 0 Å². The van der Waals surface area contributed by atoms with E-state index in [2.05, 4.69) is 77.9 Å². The zero-order chi connectivity index (χ0) is 14.9. The van der Waals surface area contributed by atoms with Gasteiger partial charge in [-0.15, -0.1) is 0 Å². The number of hydrogen-bond acceptors (Lipinski definition) is 3. The van der Waals surface area contributed by atoms with E-state index in [-0.39, 0.29) is 6.04 Å². The fraction of sp³-hybridized carbons (Fsp3) is 0.625. The van der Waals surface area contributed by atoms with Crippen molar-refractivity contribution in [2.24, 2.45) is 11.7 Å². The van der Waals surface area contributed by atoms with Crippen LogP contribution in [0.15, 0.2) is 28.7 Å². The van der Waals surface area contributed by atoms with Crippen LogP contribution in [0.4, 0.5) is 0 Å². The Hall–Kier alpha value is -0.420. The molecule has 4 heteroatoms. The van der Waals surface area contributed by atoms with Gasteiger partial charge in [0.2, 0.25) is 0 Å². The van der Waals surface area contributed by atoms with E-state index in [0.717, 1.165) is 17.6 Å². The molecular formula is C16H26BrN3. The Labute approximate surface area is 131 Å². The van der Waals surface area contributed by atoms with Crippen molar-refractivity contribution in [1.29, 1.82) is 0 Å². The van der Waals surface area contributed by atoms with E-state index >= 15 is 0 Å². The average molecular weight is 340 g/mol. The van der Waals surface area contributed by atoms with Gasteiger partial charge >= 0.3 is 0 Å². The van der Waals surface area contributed by atoms with E-state index in [1.807, 2.05) is 0 Å². The monoisotopic (exact) mass is 339 g/mol. The SMILES string of the molecule is CC(N)C(c1ccc(Br)cc1)N1CC(C)C(N(C)C)C1. The largest absolute Gasteiger partial charge is 0.326 e. The standard InChI is InChI=1S/C16H26BrN3/c1-11-9-20(10-15(11)19(3)4)16(12(2)18)13-5-7-14(17)8-6-13/h5-8,11-12,15-16H,9-10,18H2,1-4H3. The van der Waals surface area contributed by atoms with E-state index in [0.29, 0.717) is 18.0 Å². The lowest BCUT2D eigenvalue weighted by Gasteiger charge is -2.32. The maximum atomic E-state index is 6.29. The molecule has 2 rings (SSSR count). The third-order valence-electron chi connectivity index (χ3n) is 4.37. The molecule has 1 aliphatic rings. The number of likely N-dealkylation sites (N-methyl/N-ethyl adjacent to an activating group) is 1. The molecule has 4 unspecified atom stereocenters. The first-order chi connectivity index (χ1) is 9.40. The van der Waals surface area contributed by atoms with Crippen LogP contribution >= 0.6 is 15.9 Å². The second-order valence-corrected chi connectivity index (χ2v) is 7.23. The summed E-state index contributed by atoms with van der Waals surface area (Å²) in [6.07, 6.45) is 0. The van der Waals surface area contributed by atoms with Gasteiger partial charge in [0.1, 0.15) is 0 Å². The second kappa shape index (κ2) is 6.56. The van der Waals surface area contributed by atoms with Gasteiger partial charge < -0.3 is 10.6 Å². The van der Waals surface area contributed by atoms with Gasteiger partial charge in [0.15, 0.2) is 0 Å². The van der Waals surface area contributed by atoms with Gasteiger partial charge in [-0.2, -0.15) is 0 Å². The molecule has 2 N–H and O–H groups in total. The number of halogens is 1. The summed E-state index contributed by atoms with van der Waals surface area (Å²) in [5, 5.41) is 0. The molecule has 1 fully saturated rings. The Morgan fingerprint density at radius 3 is 2.30 bits per heavy atom.